The molecule has 0 amide bonds. The van der Waals surface area contributed by atoms with E-state index in [2.05, 4.69) is 130 Å². The van der Waals surface area contributed by atoms with E-state index in [1.807, 2.05) is 0 Å². The number of rotatable bonds is 61. The van der Waals surface area contributed by atoms with Crippen molar-refractivity contribution in [2.75, 3.05) is 13.2 Å². The van der Waals surface area contributed by atoms with Crippen LogP contribution in [0.15, 0.2) is 109 Å². The lowest BCUT2D eigenvalue weighted by molar-refractivity contribution is -0.167. The van der Waals surface area contributed by atoms with Gasteiger partial charge in [-0.2, -0.15) is 0 Å². The van der Waals surface area contributed by atoms with Crippen molar-refractivity contribution in [1.82, 2.24) is 0 Å². The summed E-state index contributed by atoms with van der Waals surface area (Å²) in [5.41, 5.74) is 0. The Kier molecular flexibility index (Phi) is 64.3. The summed E-state index contributed by atoms with van der Waals surface area (Å²) in [5, 5.41) is 0. The quantitative estimate of drug-likeness (QED) is 0.0261. The van der Waals surface area contributed by atoms with Crippen molar-refractivity contribution in [3.05, 3.63) is 109 Å². The smallest absolute Gasteiger partial charge is 0.306 e. The first kappa shape index (κ1) is 76.1. The molecule has 0 saturated carbocycles. The van der Waals surface area contributed by atoms with E-state index >= 15 is 0 Å². The van der Waals surface area contributed by atoms with E-state index in [4.69, 9.17) is 14.2 Å². The molecule has 0 spiro atoms. The van der Waals surface area contributed by atoms with Crippen LogP contribution in [0.2, 0.25) is 0 Å². The fourth-order valence-electron chi connectivity index (χ4n) is 9.41. The molecule has 0 aliphatic carbocycles. The van der Waals surface area contributed by atoms with E-state index in [0.717, 1.165) is 122 Å². The third kappa shape index (κ3) is 64.9. The lowest BCUT2D eigenvalue weighted by atomic mass is 10.0. The zero-order chi connectivity index (χ0) is 57.8. The lowest BCUT2D eigenvalue weighted by Crippen LogP contribution is -2.30. The summed E-state index contributed by atoms with van der Waals surface area (Å²) >= 11 is 0. The molecule has 458 valence electrons. The van der Waals surface area contributed by atoms with Gasteiger partial charge < -0.3 is 14.2 Å². The summed E-state index contributed by atoms with van der Waals surface area (Å²) < 4.78 is 16.9. The van der Waals surface area contributed by atoms with Crippen LogP contribution in [0.25, 0.3) is 0 Å². The number of unbranched alkanes of at least 4 members (excludes halogenated alkanes) is 32. The third-order valence-electron chi connectivity index (χ3n) is 14.5. The molecule has 0 aliphatic rings. The minimum absolute atomic E-state index is 0.0935. The Bertz CT molecular complexity index is 1610. The molecule has 0 radical (unpaired) electrons. The van der Waals surface area contributed by atoms with Gasteiger partial charge >= 0.3 is 17.9 Å². The van der Waals surface area contributed by atoms with Crippen molar-refractivity contribution in [3.63, 3.8) is 0 Å². The van der Waals surface area contributed by atoms with Crippen molar-refractivity contribution in [2.24, 2.45) is 0 Å². The summed E-state index contributed by atoms with van der Waals surface area (Å²) in [6.07, 6.45) is 92.6. The molecule has 6 heteroatoms. The highest BCUT2D eigenvalue weighted by molar-refractivity contribution is 5.71. The van der Waals surface area contributed by atoms with Gasteiger partial charge in [0.2, 0.25) is 0 Å². The van der Waals surface area contributed by atoms with Crippen LogP contribution in [0.4, 0.5) is 0 Å². The van der Waals surface area contributed by atoms with Crippen LogP contribution in [0.5, 0.6) is 0 Å². The van der Waals surface area contributed by atoms with Crippen LogP contribution in [0.1, 0.15) is 323 Å². The minimum atomic E-state index is -0.801. The topological polar surface area (TPSA) is 78.9 Å². The average molecular weight is 1110 g/mol. The van der Waals surface area contributed by atoms with Crippen molar-refractivity contribution >= 4 is 17.9 Å². The molecule has 0 aliphatic heterocycles. The fourth-order valence-corrected chi connectivity index (χ4v) is 9.41. The molecule has 1 unspecified atom stereocenters. The number of hydrogen-bond donors (Lipinski definition) is 0. The molecule has 0 aromatic rings. The molecule has 0 rings (SSSR count). The normalized spacial score (nSPS) is 12.8. The molecule has 0 aromatic heterocycles. The van der Waals surface area contributed by atoms with Crippen LogP contribution >= 0.6 is 0 Å². The molecular weight excluding hydrogens is 985 g/mol. The number of ether oxygens (including phenoxy) is 3. The first-order chi connectivity index (χ1) is 39.5. The van der Waals surface area contributed by atoms with Gasteiger partial charge in [-0.15, -0.1) is 0 Å². The first-order valence-electron chi connectivity index (χ1n) is 33.9. The zero-order valence-electron chi connectivity index (χ0n) is 52.6. The van der Waals surface area contributed by atoms with Crippen LogP contribution in [0, 0.1) is 0 Å². The highest BCUT2D eigenvalue weighted by Gasteiger charge is 2.19. The highest BCUT2D eigenvalue weighted by atomic mass is 16.6. The number of hydrogen-bond acceptors (Lipinski definition) is 6. The fraction of sp³-hybridized carbons (Fsp3) is 0.716. The van der Waals surface area contributed by atoms with Crippen molar-refractivity contribution in [3.8, 4) is 0 Å². The van der Waals surface area contributed by atoms with E-state index in [1.54, 1.807) is 0 Å². The summed E-state index contributed by atoms with van der Waals surface area (Å²) in [7, 11) is 0. The Balaban J connectivity index is 4.25. The van der Waals surface area contributed by atoms with Gasteiger partial charge in [-0.3, -0.25) is 14.4 Å². The maximum absolute atomic E-state index is 12.9. The number of esters is 3. The number of allylic oxidation sites excluding steroid dienone is 18. The van der Waals surface area contributed by atoms with Crippen molar-refractivity contribution in [2.45, 2.75) is 329 Å². The van der Waals surface area contributed by atoms with E-state index < -0.39 is 6.10 Å². The summed E-state index contributed by atoms with van der Waals surface area (Å²) in [5.74, 6) is -0.927. The van der Waals surface area contributed by atoms with Gasteiger partial charge in [0.15, 0.2) is 6.10 Å². The second kappa shape index (κ2) is 67.6. The second-order valence-corrected chi connectivity index (χ2v) is 22.3. The molecule has 6 nitrogen and oxygen atoms in total. The predicted molar refractivity (Wildman–Crippen MR) is 348 cm³/mol. The Morgan fingerprint density at radius 1 is 0.263 bits per heavy atom. The molecule has 0 aromatic carbocycles. The standard InChI is InChI=1S/C74H126O6/c1-4-7-10-13-16-19-22-25-27-29-31-32-33-34-35-36-37-38-39-40-41-42-44-45-47-49-52-55-58-61-64-67-73(76)79-70-71(69-78-72(75)66-63-60-57-54-51-24-21-18-15-12-9-6-3)80-74(77)68-65-62-59-56-53-50-48-46-43-30-28-26-23-20-17-14-11-8-5-2/h8,11,17-18,20-22,25-26,28-29,31,33-34,43,46,50,53,71H,4-7,9-10,12-16,19,23-24,27,30,32,35-42,44-45,47-49,51-52,54-70H2,1-3H3/b11-8-,20-17-,21-18-,25-22-,28-26-,31-29-,34-33-,46-43-,53-50-. The highest BCUT2D eigenvalue weighted by Crippen LogP contribution is 2.16. The molecule has 1 atom stereocenters. The monoisotopic (exact) mass is 1110 g/mol. The summed E-state index contributed by atoms with van der Waals surface area (Å²) in [4.78, 5) is 38.3. The molecule has 0 bridgehead atoms. The Labute approximate surface area is 495 Å². The maximum atomic E-state index is 12.9. The van der Waals surface area contributed by atoms with Crippen LogP contribution < -0.4 is 0 Å². The van der Waals surface area contributed by atoms with Crippen molar-refractivity contribution < 1.29 is 28.6 Å². The van der Waals surface area contributed by atoms with Gasteiger partial charge in [-0.05, 0) is 128 Å². The molecule has 0 saturated heterocycles. The Morgan fingerprint density at radius 2 is 0.487 bits per heavy atom. The van der Waals surface area contributed by atoms with Crippen LogP contribution in [0.3, 0.4) is 0 Å². The molecule has 0 N–H and O–H groups in total. The molecule has 80 heavy (non-hydrogen) atoms. The summed E-state index contributed by atoms with van der Waals surface area (Å²) in [6, 6.07) is 0. The summed E-state index contributed by atoms with van der Waals surface area (Å²) in [6.45, 7) is 6.48. The maximum Gasteiger partial charge on any atom is 0.306 e. The van der Waals surface area contributed by atoms with Crippen LogP contribution in [-0.4, -0.2) is 37.2 Å². The number of carbonyl (C=O) groups excluding carboxylic acids is 3. The van der Waals surface area contributed by atoms with Gasteiger partial charge in [0.25, 0.3) is 0 Å². The van der Waals surface area contributed by atoms with Gasteiger partial charge in [0.1, 0.15) is 13.2 Å². The second-order valence-electron chi connectivity index (χ2n) is 22.3. The van der Waals surface area contributed by atoms with E-state index in [9.17, 15) is 14.4 Å². The largest absolute Gasteiger partial charge is 0.462 e. The Morgan fingerprint density at radius 3 is 0.812 bits per heavy atom. The first-order valence-corrected chi connectivity index (χ1v) is 33.9. The van der Waals surface area contributed by atoms with Gasteiger partial charge in [0.05, 0.1) is 0 Å². The third-order valence-corrected chi connectivity index (χ3v) is 14.5. The average Bonchev–Trinajstić information content (AvgIpc) is 3.46. The van der Waals surface area contributed by atoms with Gasteiger partial charge in [-0.25, -0.2) is 0 Å². The SMILES string of the molecule is CC/C=C\C/C=C\C/C=C\C/C=C\C/C=C\CCCCCC(=O)OC(COC(=O)CCCCCCC/C=C\CCCCC)COC(=O)CCCCCCCCCCCCCCCCCC/C=C\C/C=C\C/C=C\CCCCCCC. The molecular formula is C74H126O6. The molecule has 0 heterocycles. The van der Waals surface area contributed by atoms with E-state index in [1.165, 1.54) is 161 Å². The predicted octanol–water partition coefficient (Wildman–Crippen LogP) is 23.4. The van der Waals surface area contributed by atoms with Gasteiger partial charge in [-0.1, -0.05) is 284 Å². The van der Waals surface area contributed by atoms with E-state index in [-0.39, 0.29) is 37.5 Å². The Hall–Kier alpha value is -3.93. The molecule has 0 fully saturated rings. The lowest BCUT2D eigenvalue weighted by Gasteiger charge is -2.18. The number of carbonyl (C=O) groups is 3. The zero-order valence-corrected chi connectivity index (χ0v) is 52.6. The van der Waals surface area contributed by atoms with Crippen molar-refractivity contribution in [1.29, 1.82) is 0 Å². The van der Waals surface area contributed by atoms with E-state index in [0.29, 0.717) is 12.8 Å². The van der Waals surface area contributed by atoms with Crippen LogP contribution in [-0.2, 0) is 28.6 Å². The van der Waals surface area contributed by atoms with Gasteiger partial charge in [0, 0.05) is 19.3 Å². The minimum Gasteiger partial charge on any atom is -0.462 e.